The van der Waals surface area contributed by atoms with Gasteiger partial charge in [-0.3, -0.25) is 28.8 Å². The minimum Gasteiger partial charge on any atom is -0.481 e. The molecular formula is C56H108O14. The molecule has 0 aromatic heterocycles. The molecule has 416 valence electrons. The van der Waals surface area contributed by atoms with E-state index in [1.54, 1.807) is 0 Å². The summed E-state index contributed by atoms with van der Waals surface area (Å²) in [6, 6.07) is 0. The summed E-state index contributed by atoms with van der Waals surface area (Å²) in [5, 5.41) is 36.4. The van der Waals surface area contributed by atoms with Crippen molar-refractivity contribution in [2.75, 3.05) is 39.6 Å². The predicted octanol–water partition coefficient (Wildman–Crippen LogP) is 13.1. The zero-order valence-electron chi connectivity index (χ0n) is 43.6. The molecule has 0 bridgehead atoms. The third-order valence-corrected chi connectivity index (χ3v) is 12.4. The maximum absolute atomic E-state index is 12.3. The van der Waals surface area contributed by atoms with Gasteiger partial charge < -0.3 is 39.4 Å². The molecule has 0 aliphatic carbocycles. The van der Waals surface area contributed by atoms with Crippen LogP contribution in [0.1, 0.15) is 274 Å². The maximum atomic E-state index is 12.3. The molecule has 0 amide bonds. The molecular weight excluding hydrogens is 897 g/mol. The third kappa shape index (κ3) is 46.0. The first-order valence-corrected chi connectivity index (χ1v) is 27.0. The number of carbonyl (C=O) groups excluding carboxylic acids is 5. The number of ether oxygens (including phenoxy) is 4. The van der Waals surface area contributed by atoms with Crippen molar-refractivity contribution in [1.29, 1.82) is 0 Å². The fraction of sp³-hybridized carbons (Fsp3) is 0.893. The average Bonchev–Trinajstić information content (AvgIpc) is 3.73. The van der Waals surface area contributed by atoms with E-state index in [0.717, 1.165) is 32.1 Å². The topological polar surface area (TPSA) is 220 Å². The normalized spacial score (nSPS) is 12.7. The lowest BCUT2D eigenvalue weighted by Crippen LogP contribution is -2.39. The Hall–Kier alpha value is -3.10. The lowest BCUT2D eigenvalue weighted by molar-refractivity contribution is -0.166. The van der Waals surface area contributed by atoms with Gasteiger partial charge in [-0.15, -0.1) is 0 Å². The van der Waals surface area contributed by atoms with Crippen LogP contribution in [0.3, 0.4) is 0 Å². The van der Waals surface area contributed by atoms with Gasteiger partial charge in [0.15, 0.2) is 0 Å². The average molecular weight is 1010 g/mol. The van der Waals surface area contributed by atoms with Crippen molar-refractivity contribution in [1.82, 2.24) is 0 Å². The Kier molecular flexibility index (Phi) is 54.8. The van der Waals surface area contributed by atoms with Crippen molar-refractivity contribution in [3.8, 4) is 0 Å². The quantitative estimate of drug-likeness (QED) is 0.0193. The Morgan fingerprint density at radius 3 is 0.957 bits per heavy atom. The standard InChI is InChI=1S/C27H50O7.C23H46O4.C4H4O3.2CH4/c1-3-4-5-6-7-8-9-10-11-12-13-14-15-16-17-18-21-33-26(32)27(2,22-28)23-34-25(31)20-19-24(29)30;1-3-4-5-6-7-8-9-10-11-12-13-14-15-16-17-18-19-27-22(26)23(2,20-24)21-25;5-3-1-2-4(6)7-3;;/h28H,3-23H2,1-2H3,(H,29,30);24-25H,3-21H2,1-2H3;1-2H2;2*1H4. The first kappa shape index (κ1) is 73.4. The number of aliphatic hydroxyl groups excluding tert-OH is 3. The van der Waals surface area contributed by atoms with Crippen LogP contribution < -0.4 is 0 Å². The van der Waals surface area contributed by atoms with Crippen LogP contribution in [-0.4, -0.2) is 95.9 Å². The number of aliphatic hydroxyl groups is 3. The van der Waals surface area contributed by atoms with Gasteiger partial charge in [-0.2, -0.15) is 0 Å². The highest BCUT2D eigenvalue weighted by Crippen LogP contribution is 2.21. The molecule has 0 spiro atoms. The molecule has 0 saturated carbocycles. The lowest BCUT2D eigenvalue weighted by atomic mass is 9.93. The molecule has 0 radical (unpaired) electrons. The number of hydrogen-bond donors (Lipinski definition) is 4. The van der Waals surface area contributed by atoms with Crippen LogP contribution in [-0.2, 0) is 47.7 Å². The number of aliphatic carboxylic acids is 1. The molecule has 1 rings (SSSR count). The number of carboxylic acids is 1. The number of cyclic esters (lactones) is 2. The molecule has 1 aliphatic heterocycles. The van der Waals surface area contributed by atoms with Gasteiger partial charge in [0.1, 0.15) is 17.4 Å². The van der Waals surface area contributed by atoms with Crippen LogP contribution in [0.25, 0.3) is 0 Å². The first-order chi connectivity index (χ1) is 32.7. The minimum atomic E-state index is -1.34. The molecule has 14 heteroatoms. The van der Waals surface area contributed by atoms with Crippen LogP contribution in [0.5, 0.6) is 0 Å². The number of esters is 5. The zero-order chi connectivity index (χ0) is 51.0. The summed E-state index contributed by atoms with van der Waals surface area (Å²) >= 11 is 0. The first-order valence-electron chi connectivity index (χ1n) is 27.0. The van der Waals surface area contributed by atoms with Crippen molar-refractivity contribution < 1.29 is 68.1 Å². The molecule has 1 atom stereocenters. The van der Waals surface area contributed by atoms with Gasteiger partial charge >= 0.3 is 35.8 Å². The summed E-state index contributed by atoms with van der Waals surface area (Å²) in [4.78, 5) is 66.1. The van der Waals surface area contributed by atoms with Gasteiger partial charge in [0.25, 0.3) is 0 Å². The van der Waals surface area contributed by atoms with Gasteiger partial charge in [-0.05, 0) is 26.7 Å². The number of hydrogen-bond acceptors (Lipinski definition) is 13. The largest absolute Gasteiger partial charge is 0.481 e. The van der Waals surface area contributed by atoms with E-state index in [0.29, 0.717) is 6.61 Å². The minimum absolute atomic E-state index is 0. The Bertz CT molecular complexity index is 1240. The van der Waals surface area contributed by atoms with Crippen molar-refractivity contribution >= 4 is 35.8 Å². The molecule has 14 nitrogen and oxygen atoms in total. The molecule has 1 fully saturated rings. The van der Waals surface area contributed by atoms with E-state index in [1.165, 1.54) is 187 Å². The highest BCUT2D eigenvalue weighted by Gasteiger charge is 2.36. The van der Waals surface area contributed by atoms with Crippen LogP contribution in [0.15, 0.2) is 0 Å². The molecule has 1 saturated heterocycles. The van der Waals surface area contributed by atoms with Crippen LogP contribution in [0.2, 0.25) is 0 Å². The Labute approximate surface area is 426 Å². The Morgan fingerprint density at radius 2 is 0.714 bits per heavy atom. The van der Waals surface area contributed by atoms with E-state index < -0.39 is 53.3 Å². The van der Waals surface area contributed by atoms with Crippen molar-refractivity contribution in [2.24, 2.45) is 10.8 Å². The van der Waals surface area contributed by atoms with Crippen LogP contribution in [0.4, 0.5) is 0 Å². The van der Waals surface area contributed by atoms with E-state index in [2.05, 4.69) is 18.6 Å². The van der Waals surface area contributed by atoms with E-state index in [-0.39, 0.29) is 67.0 Å². The van der Waals surface area contributed by atoms with Gasteiger partial charge in [-0.25, -0.2) is 0 Å². The van der Waals surface area contributed by atoms with Crippen molar-refractivity contribution in [3.63, 3.8) is 0 Å². The Morgan fingerprint density at radius 1 is 0.443 bits per heavy atom. The maximum Gasteiger partial charge on any atom is 0.317 e. The van der Waals surface area contributed by atoms with E-state index in [4.69, 9.17) is 29.5 Å². The number of rotatable bonds is 44. The summed E-state index contributed by atoms with van der Waals surface area (Å²) in [5.41, 5.74) is -2.51. The van der Waals surface area contributed by atoms with Gasteiger partial charge in [0.05, 0.1) is 58.7 Å². The zero-order valence-corrected chi connectivity index (χ0v) is 43.6. The Balaban J connectivity index is -0.000000539. The number of carboxylic acid groups (broad SMARTS) is 1. The fourth-order valence-electron chi connectivity index (χ4n) is 7.28. The molecule has 0 aromatic carbocycles. The summed E-state index contributed by atoms with van der Waals surface area (Å²) in [5.74, 6) is -3.72. The third-order valence-electron chi connectivity index (χ3n) is 12.4. The van der Waals surface area contributed by atoms with Crippen molar-refractivity contribution in [2.45, 2.75) is 274 Å². The summed E-state index contributed by atoms with van der Waals surface area (Å²) in [6.07, 6.45) is 41.3. The highest BCUT2D eigenvalue weighted by atomic mass is 16.6. The fourth-order valence-corrected chi connectivity index (χ4v) is 7.28. The summed E-state index contributed by atoms with van der Waals surface area (Å²) < 4.78 is 19.4. The predicted molar refractivity (Wildman–Crippen MR) is 280 cm³/mol. The number of carbonyl (C=O) groups is 6. The SMILES string of the molecule is C.C.CCCCCCCCCCCCCCCCCCOC(=O)C(C)(CO)CO.CCCCCCCCCCCCCCCCCCOC(=O)C(C)(CO)COC(=O)CCC(=O)O.O=C1CCC(=O)O1. The molecule has 0 aromatic rings. The van der Waals surface area contributed by atoms with Crippen molar-refractivity contribution in [3.05, 3.63) is 0 Å². The van der Waals surface area contributed by atoms with Gasteiger partial charge in [0.2, 0.25) is 0 Å². The number of unbranched alkanes of at least 4 members (excludes halogenated alkanes) is 30. The van der Waals surface area contributed by atoms with Crippen LogP contribution in [0, 0.1) is 10.8 Å². The smallest absolute Gasteiger partial charge is 0.317 e. The van der Waals surface area contributed by atoms with Gasteiger partial charge in [0, 0.05) is 0 Å². The second-order valence-electron chi connectivity index (χ2n) is 19.4. The van der Waals surface area contributed by atoms with E-state index >= 15 is 0 Å². The molecule has 1 heterocycles. The monoisotopic (exact) mass is 1000 g/mol. The van der Waals surface area contributed by atoms with Crippen LogP contribution >= 0.6 is 0 Å². The second-order valence-corrected chi connectivity index (χ2v) is 19.4. The molecule has 4 N–H and O–H groups in total. The van der Waals surface area contributed by atoms with E-state index in [9.17, 15) is 33.9 Å². The summed E-state index contributed by atoms with van der Waals surface area (Å²) in [6.45, 7) is 6.54. The summed E-state index contributed by atoms with van der Waals surface area (Å²) in [7, 11) is 0. The van der Waals surface area contributed by atoms with Gasteiger partial charge in [-0.1, -0.05) is 221 Å². The molecule has 1 aliphatic rings. The molecule has 1 unspecified atom stereocenters. The second kappa shape index (κ2) is 52.2. The molecule has 70 heavy (non-hydrogen) atoms. The lowest BCUT2D eigenvalue weighted by Gasteiger charge is -2.24. The van der Waals surface area contributed by atoms with E-state index in [1.807, 2.05) is 0 Å². The highest BCUT2D eigenvalue weighted by molar-refractivity contribution is 5.92.